The Morgan fingerprint density at radius 3 is 2.71 bits per heavy atom. The lowest BCUT2D eigenvalue weighted by molar-refractivity contribution is 0.657. The first-order chi connectivity index (χ1) is 6.74. The van der Waals surface area contributed by atoms with Crippen molar-refractivity contribution in [1.29, 1.82) is 0 Å². The van der Waals surface area contributed by atoms with Gasteiger partial charge in [0.25, 0.3) is 0 Å². The Bertz CT molecular complexity index is 421. The van der Waals surface area contributed by atoms with Crippen LogP contribution in [-0.4, -0.2) is 20.0 Å². The summed E-state index contributed by atoms with van der Waals surface area (Å²) in [6.45, 7) is 2.57. The van der Waals surface area contributed by atoms with Gasteiger partial charge in [-0.05, 0) is 25.1 Å². The summed E-state index contributed by atoms with van der Waals surface area (Å²) in [5, 5.41) is 12.3. The highest BCUT2D eigenvalue weighted by Crippen LogP contribution is 2.03. The predicted molar refractivity (Wildman–Crippen MR) is 53.1 cm³/mol. The zero-order chi connectivity index (χ0) is 9.97. The van der Waals surface area contributed by atoms with Gasteiger partial charge in [0, 0.05) is 6.20 Å². The number of hydrogen-bond acceptors (Lipinski definition) is 3. The van der Waals surface area contributed by atoms with Gasteiger partial charge < -0.3 is 0 Å². The average molecular weight is 209 g/mol. The van der Waals surface area contributed by atoms with Crippen molar-refractivity contribution in [3.05, 3.63) is 40.9 Å². The fourth-order valence-corrected chi connectivity index (χ4v) is 1.25. The molecule has 0 N–H and O–H groups in total. The molecule has 14 heavy (non-hydrogen) atoms. The molecule has 5 heteroatoms. The number of rotatable bonds is 2. The van der Waals surface area contributed by atoms with Crippen molar-refractivity contribution in [3.8, 4) is 0 Å². The van der Waals surface area contributed by atoms with Gasteiger partial charge in [0.15, 0.2) is 5.15 Å². The Morgan fingerprint density at radius 1 is 1.29 bits per heavy atom. The first-order valence-corrected chi connectivity index (χ1v) is 4.60. The normalized spacial score (nSPS) is 10.4. The largest absolute Gasteiger partial charge is 0.266 e. The molecule has 0 fully saturated rings. The van der Waals surface area contributed by atoms with Gasteiger partial charge in [-0.15, -0.1) is 5.10 Å². The molecule has 0 amide bonds. The average Bonchev–Trinajstić information content (AvgIpc) is 2.56. The third kappa shape index (κ3) is 2.09. The van der Waals surface area contributed by atoms with E-state index in [0.717, 1.165) is 11.4 Å². The minimum Gasteiger partial charge on any atom is -0.266 e. The zero-order valence-corrected chi connectivity index (χ0v) is 8.44. The topological polar surface area (TPSA) is 43.6 Å². The van der Waals surface area contributed by atoms with E-state index < -0.39 is 0 Å². The molecule has 0 saturated carbocycles. The summed E-state index contributed by atoms with van der Waals surface area (Å²) in [4.78, 5) is 0. The molecule has 2 rings (SSSR count). The summed E-state index contributed by atoms with van der Waals surface area (Å²) >= 11 is 5.62. The molecule has 0 atom stereocenters. The molecule has 0 aliphatic carbocycles. The van der Waals surface area contributed by atoms with Crippen molar-refractivity contribution >= 4 is 11.6 Å². The third-order valence-electron chi connectivity index (χ3n) is 1.79. The van der Waals surface area contributed by atoms with Gasteiger partial charge in [0.1, 0.15) is 0 Å². The van der Waals surface area contributed by atoms with Crippen molar-refractivity contribution in [2.24, 2.45) is 0 Å². The number of aryl methyl sites for hydroxylation is 1. The van der Waals surface area contributed by atoms with Crippen LogP contribution in [0, 0.1) is 6.92 Å². The molecule has 4 nitrogen and oxygen atoms in total. The molecule has 2 aromatic rings. The number of hydrogen-bond donors (Lipinski definition) is 0. The van der Waals surface area contributed by atoms with Crippen molar-refractivity contribution in [3.63, 3.8) is 0 Å². The molecule has 0 aliphatic heterocycles. The van der Waals surface area contributed by atoms with Crippen LogP contribution in [0.3, 0.4) is 0 Å². The van der Waals surface area contributed by atoms with Gasteiger partial charge in [0.05, 0.1) is 17.9 Å². The maximum absolute atomic E-state index is 5.62. The van der Waals surface area contributed by atoms with E-state index in [0.29, 0.717) is 11.7 Å². The minimum absolute atomic E-state index is 0.408. The lowest BCUT2D eigenvalue weighted by atomic mass is 10.4. The van der Waals surface area contributed by atoms with E-state index in [2.05, 4.69) is 15.3 Å². The van der Waals surface area contributed by atoms with Gasteiger partial charge >= 0.3 is 0 Å². The van der Waals surface area contributed by atoms with Crippen molar-refractivity contribution in [1.82, 2.24) is 20.0 Å². The highest BCUT2D eigenvalue weighted by molar-refractivity contribution is 6.29. The third-order valence-corrected chi connectivity index (χ3v) is 1.99. The maximum atomic E-state index is 5.62. The number of aromatic nitrogens is 4. The second kappa shape index (κ2) is 3.75. The Balaban J connectivity index is 2.15. The van der Waals surface area contributed by atoms with Crippen LogP contribution in [0.4, 0.5) is 0 Å². The fraction of sp³-hybridized carbons (Fsp3) is 0.222. The quantitative estimate of drug-likeness (QED) is 0.754. The Hall–Kier alpha value is -1.42. The summed E-state index contributed by atoms with van der Waals surface area (Å²) in [6, 6.07) is 5.51. The highest BCUT2D eigenvalue weighted by atomic mass is 35.5. The molecule has 0 radical (unpaired) electrons. The van der Waals surface area contributed by atoms with E-state index in [4.69, 9.17) is 11.6 Å². The molecule has 0 bridgehead atoms. The first kappa shape index (κ1) is 9.15. The standard InChI is InChI=1S/C9H9ClN4/c1-7-4-5-14(13-7)6-8-2-3-9(10)12-11-8/h2-5H,6H2,1H3. The molecule has 0 saturated heterocycles. The van der Waals surface area contributed by atoms with E-state index >= 15 is 0 Å². The van der Waals surface area contributed by atoms with Crippen molar-refractivity contribution < 1.29 is 0 Å². The van der Waals surface area contributed by atoms with Gasteiger partial charge in [-0.1, -0.05) is 11.6 Å². The van der Waals surface area contributed by atoms with Gasteiger partial charge in [-0.2, -0.15) is 10.2 Å². The zero-order valence-electron chi connectivity index (χ0n) is 7.68. The lowest BCUT2D eigenvalue weighted by Crippen LogP contribution is -2.03. The molecule has 2 aromatic heterocycles. The summed E-state index contributed by atoms with van der Waals surface area (Å²) in [6.07, 6.45) is 1.91. The van der Waals surface area contributed by atoms with E-state index in [1.54, 1.807) is 6.07 Å². The van der Waals surface area contributed by atoms with Crippen LogP contribution in [0.5, 0.6) is 0 Å². The van der Waals surface area contributed by atoms with E-state index in [1.165, 1.54) is 0 Å². The minimum atomic E-state index is 0.408. The van der Waals surface area contributed by atoms with Crippen LogP contribution in [0.25, 0.3) is 0 Å². The molecular weight excluding hydrogens is 200 g/mol. The van der Waals surface area contributed by atoms with E-state index in [9.17, 15) is 0 Å². The van der Waals surface area contributed by atoms with Gasteiger partial charge in [-0.25, -0.2) is 0 Å². The Labute approximate surface area is 86.5 Å². The van der Waals surface area contributed by atoms with Crippen molar-refractivity contribution in [2.45, 2.75) is 13.5 Å². The van der Waals surface area contributed by atoms with Crippen LogP contribution < -0.4 is 0 Å². The van der Waals surface area contributed by atoms with E-state index in [-0.39, 0.29) is 0 Å². The molecule has 0 spiro atoms. The second-order valence-electron chi connectivity index (χ2n) is 3.00. The lowest BCUT2D eigenvalue weighted by Gasteiger charge is -1.99. The summed E-state index contributed by atoms with van der Waals surface area (Å²) < 4.78 is 1.81. The molecule has 0 aromatic carbocycles. The summed E-state index contributed by atoms with van der Waals surface area (Å²) in [5.41, 5.74) is 1.84. The Kier molecular flexibility index (Phi) is 2.45. The highest BCUT2D eigenvalue weighted by Gasteiger charge is 1.98. The Morgan fingerprint density at radius 2 is 2.14 bits per heavy atom. The fourth-order valence-electron chi connectivity index (χ4n) is 1.15. The van der Waals surface area contributed by atoms with E-state index in [1.807, 2.05) is 29.9 Å². The molecule has 2 heterocycles. The van der Waals surface area contributed by atoms with Crippen LogP contribution in [0.15, 0.2) is 24.4 Å². The molecule has 0 aliphatic rings. The summed E-state index contributed by atoms with van der Waals surface area (Å²) in [7, 11) is 0. The SMILES string of the molecule is Cc1ccn(Cc2ccc(Cl)nn2)n1. The van der Waals surface area contributed by atoms with Crippen LogP contribution >= 0.6 is 11.6 Å². The summed E-state index contributed by atoms with van der Waals surface area (Å²) in [5.74, 6) is 0. The monoisotopic (exact) mass is 208 g/mol. The number of halogens is 1. The molecule has 0 unspecified atom stereocenters. The van der Waals surface area contributed by atoms with Crippen LogP contribution in [0.1, 0.15) is 11.4 Å². The smallest absolute Gasteiger partial charge is 0.151 e. The van der Waals surface area contributed by atoms with Crippen LogP contribution in [-0.2, 0) is 6.54 Å². The van der Waals surface area contributed by atoms with Crippen molar-refractivity contribution in [2.75, 3.05) is 0 Å². The second-order valence-corrected chi connectivity index (χ2v) is 3.39. The molecule has 72 valence electrons. The number of nitrogens with zero attached hydrogens (tertiary/aromatic N) is 4. The first-order valence-electron chi connectivity index (χ1n) is 4.22. The maximum Gasteiger partial charge on any atom is 0.151 e. The predicted octanol–water partition coefficient (Wildman–Crippen LogP) is 1.68. The van der Waals surface area contributed by atoms with Gasteiger partial charge in [-0.3, -0.25) is 4.68 Å². The van der Waals surface area contributed by atoms with Crippen LogP contribution in [0.2, 0.25) is 5.15 Å². The molecular formula is C9H9ClN4. The van der Waals surface area contributed by atoms with Gasteiger partial charge in [0.2, 0.25) is 0 Å².